The lowest BCUT2D eigenvalue weighted by atomic mass is 10.1. The Bertz CT molecular complexity index is 1040. The number of nitrogens with one attached hydrogen (secondary N) is 1. The highest BCUT2D eigenvalue weighted by Crippen LogP contribution is 2.23. The number of likely N-dealkylation sites (N-methyl/N-ethyl adjacent to an activating group) is 1. The van der Waals surface area contributed by atoms with Crippen molar-refractivity contribution in [1.29, 1.82) is 0 Å². The van der Waals surface area contributed by atoms with Crippen molar-refractivity contribution < 1.29 is 18.0 Å². The predicted molar refractivity (Wildman–Crippen MR) is 123 cm³/mol. The summed E-state index contributed by atoms with van der Waals surface area (Å²) in [6.07, 6.45) is 1.08. The van der Waals surface area contributed by atoms with Crippen LogP contribution >= 0.6 is 0 Å². The Balaban J connectivity index is 2.41. The molecule has 0 fully saturated rings. The number of rotatable bonds is 9. The van der Waals surface area contributed by atoms with Gasteiger partial charge in [0.2, 0.25) is 21.8 Å². The van der Waals surface area contributed by atoms with Crippen molar-refractivity contribution >= 4 is 27.5 Å². The van der Waals surface area contributed by atoms with E-state index in [0.717, 1.165) is 27.3 Å². The second-order valence-electron chi connectivity index (χ2n) is 7.57. The molecule has 0 bridgehead atoms. The maximum atomic E-state index is 13.4. The second-order valence-corrected chi connectivity index (χ2v) is 9.48. The summed E-state index contributed by atoms with van der Waals surface area (Å²) in [4.78, 5) is 27.4. The Hall–Kier alpha value is -2.87. The molecule has 0 aliphatic heterocycles. The summed E-state index contributed by atoms with van der Waals surface area (Å²) in [5.74, 6) is -0.734. The van der Waals surface area contributed by atoms with Crippen LogP contribution in [-0.4, -0.2) is 50.5 Å². The molecule has 2 aromatic rings. The Labute approximate surface area is 185 Å². The van der Waals surface area contributed by atoms with E-state index < -0.39 is 22.0 Å². The molecule has 8 heteroatoms. The Morgan fingerprint density at radius 2 is 1.58 bits per heavy atom. The van der Waals surface area contributed by atoms with Gasteiger partial charge in [-0.05, 0) is 50.5 Å². The van der Waals surface area contributed by atoms with Crippen molar-refractivity contribution in [1.82, 2.24) is 10.2 Å². The lowest BCUT2D eigenvalue weighted by molar-refractivity contribution is -0.139. The van der Waals surface area contributed by atoms with Gasteiger partial charge in [-0.1, -0.05) is 42.5 Å². The second kappa shape index (κ2) is 10.4. The van der Waals surface area contributed by atoms with Crippen molar-refractivity contribution in [3.05, 3.63) is 65.2 Å². The van der Waals surface area contributed by atoms with E-state index in [1.165, 1.54) is 4.90 Å². The van der Waals surface area contributed by atoms with Crippen LogP contribution in [0.2, 0.25) is 0 Å². The fourth-order valence-electron chi connectivity index (χ4n) is 3.31. The van der Waals surface area contributed by atoms with Crippen LogP contribution in [0.5, 0.6) is 0 Å². The molecule has 0 radical (unpaired) electrons. The average Bonchev–Trinajstić information content (AvgIpc) is 2.71. The maximum absolute atomic E-state index is 13.4. The van der Waals surface area contributed by atoms with Crippen LogP contribution in [0.15, 0.2) is 48.5 Å². The minimum Gasteiger partial charge on any atom is -0.355 e. The van der Waals surface area contributed by atoms with E-state index in [2.05, 4.69) is 5.32 Å². The van der Waals surface area contributed by atoms with Gasteiger partial charge in [-0.25, -0.2) is 8.42 Å². The van der Waals surface area contributed by atoms with Gasteiger partial charge in [-0.3, -0.25) is 13.9 Å². The molecule has 0 saturated heterocycles. The third kappa shape index (κ3) is 6.30. The van der Waals surface area contributed by atoms with Gasteiger partial charge in [-0.15, -0.1) is 0 Å². The number of aryl methyl sites for hydroxylation is 2. The van der Waals surface area contributed by atoms with Gasteiger partial charge in [0.05, 0.1) is 11.9 Å². The number of amides is 2. The summed E-state index contributed by atoms with van der Waals surface area (Å²) < 4.78 is 26.2. The Morgan fingerprint density at radius 3 is 2.13 bits per heavy atom. The average molecular weight is 446 g/mol. The first-order valence-corrected chi connectivity index (χ1v) is 12.1. The molecule has 0 saturated carbocycles. The summed E-state index contributed by atoms with van der Waals surface area (Å²) in [5.41, 5.74) is 3.07. The molecule has 0 heterocycles. The summed E-state index contributed by atoms with van der Waals surface area (Å²) in [7, 11) is -3.72. The first-order chi connectivity index (χ1) is 14.6. The van der Waals surface area contributed by atoms with Gasteiger partial charge in [0.15, 0.2) is 0 Å². The van der Waals surface area contributed by atoms with Gasteiger partial charge in [0, 0.05) is 13.1 Å². The number of anilines is 1. The molecular weight excluding hydrogens is 414 g/mol. The van der Waals surface area contributed by atoms with Gasteiger partial charge < -0.3 is 10.2 Å². The molecule has 0 unspecified atom stereocenters. The first-order valence-electron chi connectivity index (χ1n) is 10.2. The van der Waals surface area contributed by atoms with Gasteiger partial charge in [-0.2, -0.15) is 0 Å². The van der Waals surface area contributed by atoms with E-state index in [1.54, 1.807) is 32.0 Å². The van der Waals surface area contributed by atoms with E-state index in [9.17, 15) is 18.0 Å². The molecule has 1 N–H and O–H groups in total. The highest BCUT2D eigenvalue weighted by molar-refractivity contribution is 7.92. The molecule has 2 aromatic carbocycles. The highest BCUT2D eigenvalue weighted by atomic mass is 32.2. The van der Waals surface area contributed by atoms with Gasteiger partial charge in [0.1, 0.15) is 12.6 Å². The number of carbonyl (C=O) groups excluding carboxylic acids is 2. The molecule has 2 rings (SSSR count). The van der Waals surface area contributed by atoms with Crippen LogP contribution in [0.25, 0.3) is 0 Å². The minimum absolute atomic E-state index is 0.204. The largest absolute Gasteiger partial charge is 0.355 e. The maximum Gasteiger partial charge on any atom is 0.244 e. The molecule has 1 atom stereocenters. The number of hydrogen-bond donors (Lipinski definition) is 1. The molecule has 31 heavy (non-hydrogen) atoms. The zero-order valence-corrected chi connectivity index (χ0v) is 19.6. The van der Waals surface area contributed by atoms with E-state index in [-0.39, 0.29) is 19.0 Å². The van der Waals surface area contributed by atoms with Crippen molar-refractivity contribution in [3.8, 4) is 0 Å². The van der Waals surface area contributed by atoms with Crippen LogP contribution in [0.1, 0.15) is 30.5 Å². The standard InChI is InChI=1S/C23H31N3O4S/c1-6-24-23(28)19(4)25(15-20-13-9-7-11-17(20)2)22(27)16-26(31(5,29)30)21-14-10-8-12-18(21)3/h7-14,19H,6,15-16H2,1-5H3,(H,24,28)/t19-/m1/s1. The summed E-state index contributed by atoms with van der Waals surface area (Å²) in [6, 6.07) is 13.9. The Morgan fingerprint density at radius 1 is 1.00 bits per heavy atom. The molecule has 168 valence electrons. The van der Waals surface area contributed by atoms with E-state index in [1.807, 2.05) is 44.2 Å². The molecule has 0 aromatic heterocycles. The van der Waals surface area contributed by atoms with E-state index in [0.29, 0.717) is 12.2 Å². The van der Waals surface area contributed by atoms with Gasteiger partial charge in [0.25, 0.3) is 0 Å². The zero-order chi connectivity index (χ0) is 23.2. The first kappa shape index (κ1) is 24.4. The highest BCUT2D eigenvalue weighted by Gasteiger charge is 2.30. The normalized spacial score (nSPS) is 12.2. The van der Waals surface area contributed by atoms with Crippen LogP contribution in [0.4, 0.5) is 5.69 Å². The third-order valence-corrected chi connectivity index (χ3v) is 6.31. The zero-order valence-electron chi connectivity index (χ0n) is 18.8. The van der Waals surface area contributed by atoms with Crippen LogP contribution in [-0.2, 0) is 26.2 Å². The SMILES string of the molecule is CCNC(=O)[C@@H](C)N(Cc1ccccc1C)C(=O)CN(c1ccccc1C)S(C)(=O)=O. The summed E-state index contributed by atoms with van der Waals surface area (Å²) >= 11 is 0. The number of sulfonamides is 1. The van der Waals surface area contributed by atoms with Crippen molar-refractivity contribution in [3.63, 3.8) is 0 Å². The predicted octanol–water partition coefficient (Wildman–Crippen LogP) is 2.62. The topological polar surface area (TPSA) is 86.8 Å². The molecule has 7 nitrogen and oxygen atoms in total. The molecule has 0 aliphatic carbocycles. The number of nitrogens with zero attached hydrogens (tertiary/aromatic N) is 2. The third-order valence-electron chi connectivity index (χ3n) is 5.18. The molecule has 2 amide bonds. The number of carbonyl (C=O) groups is 2. The smallest absolute Gasteiger partial charge is 0.244 e. The van der Waals surface area contributed by atoms with Crippen LogP contribution in [0.3, 0.4) is 0 Å². The summed E-state index contributed by atoms with van der Waals surface area (Å²) in [5, 5.41) is 2.74. The molecular formula is C23H31N3O4S. The number of benzene rings is 2. The van der Waals surface area contributed by atoms with Crippen LogP contribution in [0, 0.1) is 13.8 Å². The number of hydrogen-bond acceptors (Lipinski definition) is 4. The van der Waals surface area contributed by atoms with Crippen molar-refractivity contribution in [2.45, 2.75) is 40.3 Å². The van der Waals surface area contributed by atoms with Crippen LogP contribution < -0.4 is 9.62 Å². The van der Waals surface area contributed by atoms with Crippen molar-refractivity contribution in [2.24, 2.45) is 0 Å². The van der Waals surface area contributed by atoms with E-state index in [4.69, 9.17) is 0 Å². The number of para-hydroxylation sites is 1. The Kier molecular flexibility index (Phi) is 8.21. The summed E-state index contributed by atoms with van der Waals surface area (Å²) in [6.45, 7) is 7.44. The lowest BCUT2D eigenvalue weighted by Gasteiger charge is -2.32. The van der Waals surface area contributed by atoms with Crippen molar-refractivity contribution in [2.75, 3.05) is 23.7 Å². The molecule has 0 aliphatic rings. The minimum atomic E-state index is -3.72. The fraction of sp³-hybridized carbons (Fsp3) is 0.391. The van der Waals surface area contributed by atoms with E-state index >= 15 is 0 Å². The fourth-order valence-corrected chi connectivity index (χ4v) is 4.22. The quantitative estimate of drug-likeness (QED) is 0.643. The molecule has 0 spiro atoms. The lowest BCUT2D eigenvalue weighted by Crippen LogP contribution is -2.51. The van der Waals surface area contributed by atoms with Gasteiger partial charge >= 0.3 is 0 Å². The monoisotopic (exact) mass is 445 g/mol.